The van der Waals surface area contributed by atoms with Crippen molar-refractivity contribution in [1.82, 2.24) is 0 Å². The van der Waals surface area contributed by atoms with Crippen molar-refractivity contribution >= 4 is 11.8 Å². The predicted molar refractivity (Wildman–Crippen MR) is 55.6 cm³/mol. The lowest BCUT2D eigenvalue weighted by Crippen LogP contribution is -2.06. The van der Waals surface area contributed by atoms with Gasteiger partial charge in [0.15, 0.2) is 0 Å². The topological polar surface area (TPSA) is 29.4 Å². The molecule has 0 aliphatic heterocycles. The van der Waals surface area contributed by atoms with E-state index in [4.69, 9.17) is 0 Å². The maximum Gasteiger partial charge on any atom is 0.240 e. The number of carbonyl (C=O) groups excluding carboxylic acids is 1. The Kier molecular flexibility index (Phi) is 2.47. The predicted octanol–water partition coefficient (Wildman–Crippen LogP) is 3.09. The van der Waals surface area contributed by atoms with Gasteiger partial charge in [-0.15, -0.1) is 0 Å². The number of nitrogens with zero attached hydrogens (tertiary/aromatic N) is 1. The van der Waals surface area contributed by atoms with Gasteiger partial charge in [-0.05, 0) is 48.4 Å². The van der Waals surface area contributed by atoms with Crippen LogP contribution in [0.25, 0.3) is 0 Å². The fraction of sp³-hybridized carbons (Fsp3) is 0.417. The Labute approximate surface area is 83.7 Å². The van der Waals surface area contributed by atoms with Gasteiger partial charge >= 0.3 is 0 Å². The first-order valence-corrected chi connectivity index (χ1v) is 5.02. The van der Waals surface area contributed by atoms with Crippen LogP contribution in [0.5, 0.6) is 0 Å². The third-order valence-corrected chi connectivity index (χ3v) is 2.92. The summed E-state index contributed by atoms with van der Waals surface area (Å²) in [6.45, 7) is 2.23. The Hall–Kier alpha value is -1.40. The zero-order valence-electron chi connectivity index (χ0n) is 8.29. The molecule has 0 N–H and O–H groups in total. The van der Waals surface area contributed by atoms with E-state index in [1.54, 1.807) is 6.08 Å². The number of aliphatic imine (C=N–C) groups is 1. The number of isocyanates is 1. The number of aryl methyl sites for hydroxylation is 1. The molecular formula is C12H13NO. The molecule has 0 heterocycles. The molecule has 0 saturated carbocycles. The second kappa shape index (κ2) is 3.77. The minimum atomic E-state index is 0.598. The van der Waals surface area contributed by atoms with Gasteiger partial charge in [-0.2, -0.15) is 4.99 Å². The molecule has 1 aromatic rings. The first-order valence-electron chi connectivity index (χ1n) is 5.02. The van der Waals surface area contributed by atoms with Crippen molar-refractivity contribution in [3.8, 4) is 0 Å². The Morgan fingerprint density at radius 3 is 3.14 bits per heavy atom. The van der Waals surface area contributed by atoms with E-state index in [0.717, 1.165) is 12.1 Å². The first kappa shape index (κ1) is 9.17. The number of rotatable bonds is 1. The minimum absolute atomic E-state index is 0.598. The number of hydrogen-bond acceptors (Lipinski definition) is 2. The van der Waals surface area contributed by atoms with E-state index in [1.165, 1.54) is 24.0 Å². The van der Waals surface area contributed by atoms with Crippen LogP contribution in [0.1, 0.15) is 36.8 Å². The molecule has 0 amide bonds. The average Bonchev–Trinajstić information content (AvgIpc) is 2.20. The molecule has 0 bridgehead atoms. The van der Waals surface area contributed by atoms with Gasteiger partial charge in [-0.1, -0.05) is 13.0 Å². The van der Waals surface area contributed by atoms with Crippen molar-refractivity contribution in [2.45, 2.75) is 32.1 Å². The van der Waals surface area contributed by atoms with Gasteiger partial charge in [0.25, 0.3) is 0 Å². The highest BCUT2D eigenvalue weighted by molar-refractivity contribution is 5.52. The van der Waals surface area contributed by atoms with Crippen molar-refractivity contribution in [2.24, 2.45) is 4.99 Å². The molecule has 0 spiro atoms. The van der Waals surface area contributed by atoms with Gasteiger partial charge in [0.1, 0.15) is 0 Å². The number of hydrogen-bond donors (Lipinski definition) is 0. The van der Waals surface area contributed by atoms with E-state index in [1.807, 2.05) is 12.1 Å². The summed E-state index contributed by atoms with van der Waals surface area (Å²) < 4.78 is 0. The molecule has 1 unspecified atom stereocenters. The van der Waals surface area contributed by atoms with Gasteiger partial charge < -0.3 is 0 Å². The summed E-state index contributed by atoms with van der Waals surface area (Å²) >= 11 is 0. The lowest BCUT2D eigenvalue weighted by atomic mass is 9.84. The summed E-state index contributed by atoms with van der Waals surface area (Å²) in [6.07, 6.45) is 5.24. The second-order valence-corrected chi connectivity index (χ2v) is 3.88. The zero-order chi connectivity index (χ0) is 9.97. The molecule has 14 heavy (non-hydrogen) atoms. The van der Waals surface area contributed by atoms with E-state index >= 15 is 0 Å². The standard InChI is InChI=1S/C12H13NO/c1-9-3-2-4-10-5-6-11(13-8-14)7-12(9)10/h5-7,9H,2-4H2,1H3. The van der Waals surface area contributed by atoms with E-state index in [0.29, 0.717) is 5.92 Å². The molecule has 2 rings (SSSR count). The largest absolute Gasteiger partial charge is 0.240 e. The molecule has 2 nitrogen and oxygen atoms in total. The van der Waals surface area contributed by atoms with Crippen molar-refractivity contribution in [3.63, 3.8) is 0 Å². The number of benzene rings is 1. The number of fused-ring (bicyclic) bond motifs is 1. The normalized spacial score (nSPS) is 19.6. The Morgan fingerprint density at radius 2 is 2.36 bits per heavy atom. The molecule has 2 heteroatoms. The van der Waals surface area contributed by atoms with Crippen molar-refractivity contribution in [3.05, 3.63) is 29.3 Å². The summed E-state index contributed by atoms with van der Waals surface area (Å²) in [5.74, 6) is 0.598. The third kappa shape index (κ3) is 1.61. The van der Waals surface area contributed by atoms with Crippen LogP contribution in [-0.4, -0.2) is 6.08 Å². The molecule has 1 atom stereocenters. The van der Waals surface area contributed by atoms with Gasteiger partial charge in [-0.25, -0.2) is 4.79 Å². The van der Waals surface area contributed by atoms with E-state index in [2.05, 4.69) is 18.0 Å². The quantitative estimate of drug-likeness (QED) is 0.490. The van der Waals surface area contributed by atoms with Crippen LogP contribution in [0.2, 0.25) is 0 Å². The van der Waals surface area contributed by atoms with Crippen LogP contribution in [-0.2, 0) is 11.2 Å². The van der Waals surface area contributed by atoms with Crippen LogP contribution in [0, 0.1) is 0 Å². The second-order valence-electron chi connectivity index (χ2n) is 3.88. The monoisotopic (exact) mass is 187 g/mol. The maximum atomic E-state index is 10.1. The van der Waals surface area contributed by atoms with Gasteiger partial charge in [0, 0.05) is 0 Å². The smallest absolute Gasteiger partial charge is 0.211 e. The van der Waals surface area contributed by atoms with Crippen molar-refractivity contribution in [2.75, 3.05) is 0 Å². The molecule has 0 fully saturated rings. The van der Waals surface area contributed by atoms with E-state index < -0.39 is 0 Å². The molecule has 0 radical (unpaired) electrons. The molecular weight excluding hydrogens is 174 g/mol. The van der Waals surface area contributed by atoms with Crippen LogP contribution in [0.4, 0.5) is 5.69 Å². The first-order chi connectivity index (χ1) is 6.81. The molecule has 1 aromatic carbocycles. The van der Waals surface area contributed by atoms with E-state index in [-0.39, 0.29) is 0 Å². The highest BCUT2D eigenvalue weighted by atomic mass is 16.1. The van der Waals surface area contributed by atoms with Crippen LogP contribution < -0.4 is 0 Å². The lowest BCUT2D eigenvalue weighted by molar-refractivity contribution is 0.565. The summed E-state index contributed by atoms with van der Waals surface area (Å²) in [4.78, 5) is 13.8. The Balaban J connectivity index is 2.45. The average molecular weight is 187 g/mol. The van der Waals surface area contributed by atoms with Crippen LogP contribution in [0.3, 0.4) is 0 Å². The molecule has 1 aliphatic carbocycles. The Bertz CT molecular complexity index is 391. The van der Waals surface area contributed by atoms with Gasteiger partial charge in [0.2, 0.25) is 6.08 Å². The summed E-state index contributed by atoms with van der Waals surface area (Å²) in [7, 11) is 0. The maximum absolute atomic E-state index is 10.1. The SMILES string of the molecule is CC1CCCc2ccc(N=C=O)cc21. The van der Waals surface area contributed by atoms with Crippen molar-refractivity contribution in [1.29, 1.82) is 0 Å². The Morgan fingerprint density at radius 1 is 1.50 bits per heavy atom. The van der Waals surface area contributed by atoms with Crippen LogP contribution >= 0.6 is 0 Å². The highest BCUT2D eigenvalue weighted by Crippen LogP contribution is 2.33. The summed E-state index contributed by atoms with van der Waals surface area (Å²) in [5, 5.41) is 0. The van der Waals surface area contributed by atoms with Gasteiger partial charge in [-0.3, -0.25) is 0 Å². The summed E-state index contributed by atoms with van der Waals surface area (Å²) in [5.41, 5.74) is 3.49. The lowest BCUT2D eigenvalue weighted by Gasteiger charge is -2.22. The zero-order valence-corrected chi connectivity index (χ0v) is 8.29. The van der Waals surface area contributed by atoms with E-state index in [9.17, 15) is 4.79 Å². The van der Waals surface area contributed by atoms with Gasteiger partial charge in [0.05, 0.1) is 5.69 Å². The fourth-order valence-electron chi connectivity index (χ4n) is 2.15. The highest BCUT2D eigenvalue weighted by Gasteiger charge is 2.16. The van der Waals surface area contributed by atoms with Crippen LogP contribution in [0.15, 0.2) is 23.2 Å². The molecule has 0 aromatic heterocycles. The molecule has 1 aliphatic rings. The fourth-order valence-corrected chi connectivity index (χ4v) is 2.15. The van der Waals surface area contributed by atoms with Crippen molar-refractivity contribution < 1.29 is 4.79 Å². The summed E-state index contributed by atoms with van der Waals surface area (Å²) in [6, 6.07) is 5.99. The molecule has 0 saturated heterocycles. The molecule has 72 valence electrons. The minimum Gasteiger partial charge on any atom is -0.211 e. The third-order valence-electron chi connectivity index (χ3n) is 2.92.